The van der Waals surface area contributed by atoms with Gasteiger partial charge >= 0.3 is 6.09 Å². The highest BCUT2D eigenvalue weighted by molar-refractivity contribution is 6.01. The summed E-state index contributed by atoms with van der Waals surface area (Å²) in [7, 11) is 0. The predicted molar refractivity (Wildman–Crippen MR) is 81.5 cm³/mol. The SMILES string of the molecule is Cc1cccc(C(=O)[C@H]2CCCN2C(=O)OC(C)(C)C)c1. The number of likely N-dealkylation sites (tertiary alicyclic amines) is 1. The fourth-order valence-corrected chi connectivity index (χ4v) is 2.57. The van der Waals surface area contributed by atoms with Crippen molar-refractivity contribution in [2.24, 2.45) is 0 Å². The Labute approximate surface area is 126 Å². The molecule has 0 aliphatic carbocycles. The van der Waals surface area contributed by atoms with E-state index in [2.05, 4.69) is 0 Å². The maximum atomic E-state index is 12.6. The molecule has 0 unspecified atom stereocenters. The van der Waals surface area contributed by atoms with Crippen LogP contribution in [0, 0.1) is 6.92 Å². The molecule has 0 aromatic heterocycles. The summed E-state index contributed by atoms with van der Waals surface area (Å²) < 4.78 is 5.40. The van der Waals surface area contributed by atoms with Crippen LogP contribution in [0.4, 0.5) is 4.79 Å². The zero-order valence-corrected chi connectivity index (χ0v) is 13.2. The van der Waals surface area contributed by atoms with Crippen molar-refractivity contribution in [1.29, 1.82) is 0 Å². The Hall–Kier alpha value is -1.84. The van der Waals surface area contributed by atoms with Crippen LogP contribution in [0.5, 0.6) is 0 Å². The van der Waals surface area contributed by atoms with E-state index in [1.54, 1.807) is 11.0 Å². The number of aryl methyl sites for hydroxylation is 1. The summed E-state index contributed by atoms with van der Waals surface area (Å²) in [6, 6.07) is 7.10. The molecule has 0 radical (unpaired) electrons. The molecule has 1 amide bonds. The van der Waals surface area contributed by atoms with Crippen LogP contribution in [-0.4, -0.2) is 35.0 Å². The molecule has 4 nitrogen and oxygen atoms in total. The summed E-state index contributed by atoms with van der Waals surface area (Å²) in [6.07, 6.45) is 1.14. The molecule has 1 fully saturated rings. The van der Waals surface area contributed by atoms with E-state index in [9.17, 15) is 9.59 Å². The molecule has 2 rings (SSSR count). The highest BCUT2D eigenvalue weighted by Gasteiger charge is 2.36. The minimum Gasteiger partial charge on any atom is -0.444 e. The van der Waals surface area contributed by atoms with Gasteiger partial charge in [0, 0.05) is 12.1 Å². The van der Waals surface area contributed by atoms with Gasteiger partial charge in [0.2, 0.25) is 0 Å². The number of Topliss-reactive ketones (excluding diaryl/α,β-unsaturated/α-hetero) is 1. The second-order valence-corrected chi connectivity index (χ2v) is 6.57. The van der Waals surface area contributed by atoms with Gasteiger partial charge in [-0.2, -0.15) is 0 Å². The van der Waals surface area contributed by atoms with Crippen molar-refractivity contribution >= 4 is 11.9 Å². The van der Waals surface area contributed by atoms with Crippen LogP contribution >= 0.6 is 0 Å². The molecule has 0 N–H and O–H groups in total. The molecule has 0 spiro atoms. The zero-order chi connectivity index (χ0) is 15.6. The number of ketones is 1. The number of amides is 1. The molecule has 1 aliphatic heterocycles. The standard InChI is InChI=1S/C17H23NO3/c1-12-7-5-8-13(11-12)15(19)14-9-6-10-18(14)16(20)21-17(2,3)4/h5,7-8,11,14H,6,9-10H2,1-4H3/t14-/m1/s1. The summed E-state index contributed by atoms with van der Waals surface area (Å²) >= 11 is 0. The van der Waals surface area contributed by atoms with Crippen molar-refractivity contribution in [3.05, 3.63) is 35.4 Å². The third-order valence-electron chi connectivity index (χ3n) is 3.49. The summed E-state index contributed by atoms with van der Waals surface area (Å²) in [5.74, 6) is 0.00191. The van der Waals surface area contributed by atoms with Crippen LogP contribution in [0.2, 0.25) is 0 Å². The third kappa shape index (κ3) is 3.84. The van der Waals surface area contributed by atoms with E-state index in [4.69, 9.17) is 4.74 Å². The van der Waals surface area contributed by atoms with Crippen LogP contribution in [0.15, 0.2) is 24.3 Å². The molecule has 1 heterocycles. The van der Waals surface area contributed by atoms with Crippen LogP contribution in [0.25, 0.3) is 0 Å². The van der Waals surface area contributed by atoms with E-state index < -0.39 is 17.7 Å². The molecule has 1 aromatic carbocycles. The second kappa shape index (κ2) is 5.88. The van der Waals surface area contributed by atoms with Gasteiger partial charge in [0.1, 0.15) is 5.60 Å². The van der Waals surface area contributed by atoms with Gasteiger partial charge in [0.15, 0.2) is 5.78 Å². The van der Waals surface area contributed by atoms with Gasteiger partial charge in [-0.05, 0) is 46.6 Å². The van der Waals surface area contributed by atoms with Gasteiger partial charge in [0.05, 0.1) is 6.04 Å². The van der Waals surface area contributed by atoms with Gasteiger partial charge in [0.25, 0.3) is 0 Å². The molecular formula is C17H23NO3. The Morgan fingerprint density at radius 3 is 2.62 bits per heavy atom. The van der Waals surface area contributed by atoms with Gasteiger partial charge in [-0.3, -0.25) is 9.69 Å². The number of hydrogen-bond acceptors (Lipinski definition) is 3. The third-order valence-corrected chi connectivity index (χ3v) is 3.49. The zero-order valence-electron chi connectivity index (χ0n) is 13.2. The fraction of sp³-hybridized carbons (Fsp3) is 0.529. The van der Waals surface area contributed by atoms with E-state index in [-0.39, 0.29) is 5.78 Å². The number of benzene rings is 1. The van der Waals surface area contributed by atoms with Crippen LogP contribution in [-0.2, 0) is 4.74 Å². The van der Waals surface area contributed by atoms with Crippen molar-refractivity contribution in [3.63, 3.8) is 0 Å². The largest absolute Gasteiger partial charge is 0.444 e. The van der Waals surface area contributed by atoms with Crippen LogP contribution in [0.3, 0.4) is 0 Å². The number of carbonyl (C=O) groups excluding carboxylic acids is 2. The summed E-state index contributed by atoms with van der Waals surface area (Å²) in [5.41, 5.74) is 1.16. The minimum absolute atomic E-state index is 0.00191. The van der Waals surface area contributed by atoms with E-state index >= 15 is 0 Å². The number of hydrogen-bond donors (Lipinski definition) is 0. The molecule has 21 heavy (non-hydrogen) atoms. The number of carbonyl (C=O) groups is 2. The Balaban J connectivity index is 2.15. The van der Waals surface area contributed by atoms with Crippen molar-refractivity contribution < 1.29 is 14.3 Å². The van der Waals surface area contributed by atoms with E-state index in [0.717, 1.165) is 12.0 Å². The topological polar surface area (TPSA) is 46.6 Å². The molecule has 4 heteroatoms. The maximum absolute atomic E-state index is 12.6. The van der Waals surface area contributed by atoms with E-state index in [0.29, 0.717) is 18.5 Å². The van der Waals surface area contributed by atoms with Gasteiger partial charge < -0.3 is 4.74 Å². The first-order valence-corrected chi connectivity index (χ1v) is 7.38. The molecule has 1 aliphatic rings. The maximum Gasteiger partial charge on any atom is 0.410 e. The van der Waals surface area contributed by atoms with Gasteiger partial charge in [-0.1, -0.05) is 23.8 Å². The monoisotopic (exact) mass is 289 g/mol. The molecule has 1 saturated heterocycles. The summed E-state index contributed by atoms with van der Waals surface area (Å²) in [5, 5.41) is 0. The van der Waals surface area contributed by atoms with Crippen LogP contribution in [0.1, 0.15) is 49.5 Å². The lowest BCUT2D eigenvalue weighted by Gasteiger charge is -2.28. The average molecular weight is 289 g/mol. The Morgan fingerprint density at radius 2 is 2.00 bits per heavy atom. The minimum atomic E-state index is -0.545. The van der Waals surface area contributed by atoms with E-state index in [1.165, 1.54) is 0 Å². The fourth-order valence-electron chi connectivity index (χ4n) is 2.57. The van der Waals surface area contributed by atoms with Crippen LogP contribution < -0.4 is 0 Å². The molecule has 1 aromatic rings. The average Bonchev–Trinajstić information content (AvgIpc) is 2.85. The normalized spacial score (nSPS) is 18.7. The van der Waals surface area contributed by atoms with E-state index in [1.807, 2.05) is 45.9 Å². The Kier molecular flexibility index (Phi) is 4.35. The lowest BCUT2D eigenvalue weighted by Crippen LogP contribution is -2.43. The lowest BCUT2D eigenvalue weighted by molar-refractivity contribution is 0.0222. The predicted octanol–water partition coefficient (Wildman–Crippen LogP) is 3.58. The second-order valence-electron chi connectivity index (χ2n) is 6.57. The van der Waals surface area contributed by atoms with Gasteiger partial charge in [-0.25, -0.2) is 4.79 Å². The molecule has 0 saturated carbocycles. The Bertz CT molecular complexity index is 545. The number of rotatable bonds is 2. The quantitative estimate of drug-likeness (QED) is 0.782. The first-order chi connectivity index (χ1) is 9.78. The lowest BCUT2D eigenvalue weighted by atomic mass is 10.0. The van der Waals surface area contributed by atoms with Crippen molar-refractivity contribution in [2.75, 3.05) is 6.54 Å². The number of ether oxygens (including phenoxy) is 1. The molecule has 1 atom stereocenters. The summed E-state index contributed by atoms with van der Waals surface area (Å²) in [6.45, 7) is 8.03. The van der Waals surface area contributed by atoms with Crippen molar-refractivity contribution in [1.82, 2.24) is 4.90 Å². The first-order valence-electron chi connectivity index (χ1n) is 7.38. The van der Waals surface area contributed by atoms with Crippen molar-refractivity contribution in [3.8, 4) is 0 Å². The van der Waals surface area contributed by atoms with Gasteiger partial charge in [-0.15, -0.1) is 0 Å². The Morgan fingerprint density at radius 1 is 1.29 bits per heavy atom. The van der Waals surface area contributed by atoms with Crippen molar-refractivity contribution in [2.45, 2.75) is 52.2 Å². The molecule has 0 bridgehead atoms. The smallest absolute Gasteiger partial charge is 0.410 e. The molecular weight excluding hydrogens is 266 g/mol. The highest BCUT2D eigenvalue weighted by Crippen LogP contribution is 2.24. The first kappa shape index (κ1) is 15.5. The number of nitrogens with zero attached hydrogens (tertiary/aromatic N) is 1. The highest BCUT2D eigenvalue weighted by atomic mass is 16.6. The summed E-state index contributed by atoms with van der Waals surface area (Å²) in [4.78, 5) is 26.4. The molecule has 114 valence electrons.